The van der Waals surface area contributed by atoms with Crippen LogP contribution in [0.15, 0.2) is 9.00 Å². The summed E-state index contributed by atoms with van der Waals surface area (Å²) in [5, 5.41) is 0. The molecule has 1 aromatic heterocycles. The Morgan fingerprint density at radius 1 is 1.21 bits per heavy atom. The molecule has 3 rings (SSSR count). The van der Waals surface area contributed by atoms with E-state index >= 15 is 0 Å². The molecule has 1 aliphatic carbocycles. The smallest absolute Gasteiger partial charge is 0.305 e. The minimum atomic E-state index is -3.51. The first-order valence-corrected chi connectivity index (χ1v) is 8.68. The molecule has 0 radical (unpaired) electrons. The Morgan fingerprint density at radius 3 is 2.32 bits per heavy atom. The maximum atomic E-state index is 12.5. The molecule has 0 atom stereocenters. The Morgan fingerprint density at radius 2 is 1.84 bits per heavy atom. The zero-order valence-electron chi connectivity index (χ0n) is 10.8. The minimum Gasteiger partial charge on any atom is -0.315 e. The second-order valence-electron chi connectivity index (χ2n) is 5.10. The van der Waals surface area contributed by atoms with Crippen molar-refractivity contribution in [2.75, 3.05) is 26.2 Å². The third-order valence-corrected chi connectivity index (χ3v) is 7.17. The summed E-state index contributed by atoms with van der Waals surface area (Å²) < 4.78 is 26.6. The predicted octanol–water partition coefficient (Wildman–Crippen LogP) is 0.214. The standard InChI is InChI=1S/C11H17N3O3S2/c1-8-10(18-11(15)12-8)19(16,17)14-6-4-13(5-7-14)9-2-3-9/h9H,2-7H2,1H3,(H,12,15). The third kappa shape index (κ3) is 2.49. The molecule has 1 aromatic rings. The number of hydrogen-bond donors (Lipinski definition) is 1. The highest BCUT2D eigenvalue weighted by Crippen LogP contribution is 2.29. The molecule has 1 aliphatic heterocycles. The van der Waals surface area contributed by atoms with Crippen molar-refractivity contribution in [1.82, 2.24) is 14.2 Å². The fourth-order valence-corrected chi connectivity index (χ4v) is 5.36. The predicted molar refractivity (Wildman–Crippen MR) is 73.0 cm³/mol. The van der Waals surface area contributed by atoms with Gasteiger partial charge in [0.1, 0.15) is 0 Å². The van der Waals surface area contributed by atoms with Gasteiger partial charge in [-0.25, -0.2) is 8.42 Å². The summed E-state index contributed by atoms with van der Waals surface area (Å²) in [4.78, 5) is 15.8. The highest BCUT2D eigenvalue weighted by Gasteiger charge is 2.36. The van der Waals surface area contributed by atoms with E-state index in [4.69, 9.17) is 0 Å². The number of aromatic amines is 1. The molecule has 1 saturated carbocycles. The van der Waals surface area contributed by atoms with Crippen LogP contribution in [-0.2, 0) is 10.0 Å². The Hall–Kier alpha value is -0.700. The Kier molecular flexibility index (Phi) is 3.28. The highest BCUT2D eigenvalue weighted by molar-refractivity contribution is 7.91. The fourth-order valence-electron chi connectivity index (χ4n) is 2.50. The average molecular weight is 303 g/mol. The molecule has 0 unspecified atom stereocenters. The van der Waals surface area contributed by atoms with Crippen molar-refractivity contribution in [2.45, 2.75) is 30.0 Å². The zero-order valence-corrected chi connectivity index (χ0v) is 12.4. The zero-order chi connectivity index (χ0) is 13.6. The van der Waals surface area contributed by atoms with Gasteiger partial charge in [0, 0.05) is 37.9 Å². The molecular formula is C11H17N3O3S2. The summed E-state index contributed by atoms with van der Waals surface area (Å²) in [5.41, 5.74) is 0.444. The molecule has 0 aromatic carbocycles. The number of aryl methyl sites for hydroxylation is 1. The fraction of sp³-hybridized carbons (Fsp3) is 0.727. The molecule has 106 valence electrons. The van der Waals surface area contributed by atoms with Crippen molar-refractivity contribution >= 4 is 21.4 Å². The molecule has 0 amide bonds. The number of nitrogens with zero attached hydrogens (tertiary/aromatic N) is 2. The molecular weight excluding hydrogens is 286 g/mol. The van der Waals surface area contributed by atoms with Crippen molar-refractivity contribution in [1.29, 1.82) is 0 Å². The van der Waals surface area contributed by atoms with Gasteiger partial charge in [0.2, 0.25) is 0 Å². The normalized spacial score (nSPS) is 22.8. The summed E-state index contributed by atoms with van der Waals surface area (Å²) in [5.74, 6) is 0. The van der Waals surface area contributed by atoms with E-state index < -0.39 is 10.0 Å². The molecule has 0 bridgehead atoms. The van der Waals surface area contributed by atoms with Crippen LogP contribution in [0.2, 0.25) is 0 Å². The summed E-state index contributed by atoms with van der Waals surface area (Å²) in [6.45, 7) is 4.25. The molecule has 19 heavy (non-hydrogen) atoms. The molecule has 1 saturated heterocycles. The number of rotatable bonds is 3. The van der Waals surface area contributed by atoms with Crippen molar-refractivity contribution < 1.29 is 8.42 Å². The number of aromatic nitrogens is 1. The van der Waals surface area contributed by atoms with Gasteiger partial charge in [0.05, 0.1) is 0 Å². The topological polar surface area (TPSA) is 73.5 Å². The number of piperazine rings is 1. The highest BCUT2D eigenvalue weighted by atomic mass is 32.2. The molecule has 0 spiro atoms. The van der Waals surface area contributed by atoms with Crippen LogP contribution in [0.4, 0.5) is 0 Å². The third-order valence-electron chi connectivity index (χ3n) is 3.69. The van der Waals surface area contributed by atoms with E-state index in [-0.39, 0.29) is 9.08 Å². The lowest BCUT2D eigenvalue weighted by Crippen LogP contribution is -2.49. The van der Waals surface area contributed by atoms with Crippen molar-refractivity contribution in [2.24, 2.45) is 0 Å². The lowest BCUT2D eigenvalue weighted by atomic mass is 10.3. The maximum absolute atomic E-state index is 12.5. The SMILES string of the molecule is Cc1[nH]c(=O)sc1S(=O)(=O)N1CCN(C2CC2)CC1. The summed E-state index contributed by atoms with van der Waals surface area (Å²) in [6.07, 6.45) is 2.48. The van der Waals surface area contributed by atoms with Gasteiger partial charge in [0.15, 0.2) is 4.21 Å². The lowest BCUT2D eigenvalue weighted by Gasteiger charge is -2.33. The monoisotopic (exact) mass is 303 g/mol. The molecule has 8 heteroatoms. The second-order valence-corrected chi connectivity index (χ2v) is 8.21. The van der Waals surface area contributed by atoms with Gasteiger partial charge in [0.25, 0.3) is 10.0 Å². The Labute approximate surface area is 116 Å². The van der Waals surface area contributed by atoms with Gasteiger partial charge in [-0.15, -0.1) is 0 Å². The van der Waals surface area contributed by atoms with Crippen LogP contribution in [-0.4, -0.2) is 54.8 Å². The van der Waals surface area contributed by atoms with Gasteiger partial charge < -0.3 is 4.98 Å². The van der Waals surface area contributed by atoms with Gasteiger partial charge in [-0.1, -0.05) is 11.3 Å². The van der Waals surface area contributed by atoms with E-state index in [0.29, 0.717) is 24.8 Å². The largest absolute Gasteiger partial charge is 0.315 e. The molecule has 2 heterocycles. The van der Waals surface area contributed by atoms with E-state index in [0.717, 1.165) is 24.4 Å². The Bertz CT molecular complexity index is 622. The van der Waals surface area contributed by atoms with Crippen LogP contribution in [0.25, 0.3) is 0 Å². The number of hydrogen-bond acceptors (Lipinski definition) is 5. The van der Waals surface area contributed by atoms with Gasteiger partial charge >= 0.3 is 4.87 Å². The first-order chi connectivity index (χ1) is 8.98. The number of thiazole rings is 1. The molecule has 2 aliphatic rings. The maximum Gasteiger partial charge on any atom is 0.305 e. The minimum absolute atomic E-state index is 0.164. The Balaban J connectivity index is 1.78. The molecule has 2 fully saturated rings. The van der Waals surface area contributed by atoms with Gasteiger partial charge in [-0.05, 0) is 19.8 Å². The van der Waals surface area contributed by atoms with Crippen molar-refractivity contribution in [3.8, 4) is 0 Å². The molecule has 1 N–H and O–H groups in total. The van der Waals surface area contributed by atoms with Crippen LogP contribution in [0, 0.1) is 6.92 Å². The molecule has 6 nitrogen and oxygen atoms in total. The van der Waals surface area contributed by atoms with Crippen LogP contribution in [0.1, 0.15) is 18.5 Å². The van der Waals surface area contributed by atoms with E-state index in [1.54, 1.807) is 6.92 Å². The quantitative estimate of drug-likeness (QED) is 0.866. The average Bonchev–Trinajstić information content (AvgIpc) is 3.15. The van der Waals surface area contributed by atoms with E-state index in [1.807, 2.05) is 0 Å². The number of H-pyrrole nitrogens is 1. The van der Waals surface area contributed by atoms with Crippen LogP contribution < -0.4 is 4.87 Å². The van der Waals surface area contributed by atoms with Crippen LogP contribution in [0.5, 0.6) is 0 Å². The van der Waals surface area contributed by atoms with Crippen molar-refractivity contribution in [3.05, 3.63) is 15.4 Å². The van der Waals surface area contributed by atoms with E-state index in [1.165, 1.54) is 17.1 Å². The van der Waals surface area contributed by atoms with E-state index in [2.05, 4.69) is 9.88 Å². The van der Waals surface area contributed by atoms with Gasteiger partial charge in [-0.3, -0.25) is 9.69 Å². The van der Waals surface area contributed by atoms with Gasteiger partial charge in [-0.2, -0.15) is 4.31 Å². The first kappa shape index (κ1) is 13.3. The first-order valence-electron chi connectivity index (χ1n) is 6.42. The van der Waals surface area contributed by atoms with Crippen molar-refractivity contribution in [3.63, 3.8) is 0 Å². The van der Waals surface area contributed by atoms with Crippen LogP contribution in [0.3, 0.4) is 0 Å². The van der Waals surface area contributed by atoms with E-state index in [9.17, 15) is 13.2 Å². The van der Waals surface area contributed by atoms with Crippen LogP contribution >= 0.6 is 11.3 Å². The lowest BCUT2D eigenvalue weighted by molar-refractivity contribution is 0.180. The summed E-state index contributed by atoms with van der Waals surface area (Å²) in [7, 11) is -3.51. The summed E-state index contributed by atoms with van der Waals surface area (Å²) in [6, 6.07) is 0.676. The second kappa shape index (κ2) is 4.69. The number of sulfonamides is 1. The number of nitrogens with one attached hydrogen (secondary N) is 1. The summed E-state index contributed by atoms with van der Waals surface area (Å²) >= 11 is 0.780.